The van der Waals surface area contributed by atoms with Crippen LogP contribution in [0.25, 0.3) is 0 Å². The molecule has 1 aromatic rings. The van der Waals surface area contributed by atoms with Crippen LogP contribution >= 0.6 is 0 Å². The standard InChI is InChI=1S/C16H19FN2O3/c17-13-8-12(20)5-6-14(13)18-15(21)11-2-1-7-19(9-11)16(22)10-3-4-10/h5-6,8,10-11,20H,1-4,7,9H2,(H,18,21). The second-order valence-corrected chi connectivity index (χ2v) is 6.05. The lowest BCUT2D eigenvalue weighted by atomic mass is 9.96. The van der Waals surface area contributed by atoms with Gasteiger partial charge in [-0.1, -0.05) is 0 Å². The molecule has 6 heteroatoms. The van der Waals surface area contributed by atoms with Gasteiger partial charge < -0.3 is 15.3 Å². The van der Waals surface area contributed by atoms with Crippen molar-refractivity contribution in [2.75, 3.05) is 18.4 Å². The zero-order valence-electron chi connectivity index (χ0n) is 12.2. The molecule has 1 saturated heterocycles. The number of phenolic OH excluding ortho intramolecular Hbond substituents is 1. The van der Waals surface area contributed by atoms with Crippen LogP contribution in [0.1, 0.15) is 25.7 Å². The molecule has 1 unspecified atom stereocenters. The van der Waals surface area contributed by atoms with Crippen molar-refractivity contribution in [3.63, 3.8) is 0 Å². The second kappa shape index (κ2) is 5.94. The largest absolute Gasteiger partial charge is 0.508 e. The minimum absolute atomic E-state index is 0.0495. The van der Waals surface area contributed by atoms with Crippen molar-refractivity contribution in [1.82, 2.24) is 4.90 Å². The Kier molecular flexibility index (Phi) is 4.00. The third-order valence-corrected chi connectivity index (χ3v) is 4.24. The Morgan fingerprint density at radius 2 is 2.00 bits per heavy atom. The summed E-state index contributed by atoms with van der Waals surface area (Å²) in [5, 5.41) is 11.7. The molecule has 1 aliphatic carbocycles. The van der Waals surface area contributed by atoms with Crippen LogP contribution in [0.15, 0.2) is 18.2 Å². The first-order chi connectivity index (χ1) is 10.5. The summed E-state index contributed by atoms with van der Waals surface area (Å²) in [6.07, 6.45) is 3.38. The molecule has 2 N–H and O–H groups in total. The number of anilines is 1. The van der Waals surface area contributed by atoms with E-state index in [1.165, 1.54) is 12.1 Å². The van der Waals surface area contributed by atoms with E-state index in [0.29, 0.717) is 19.5 Å². The van der Waals surface area contributed by atoms with E-state index in [9.17, 15) is 19.1 Å². The highest BCUT2D eigenvalue weighted by atomic mass is 19.1. The summed E-state index contributed by atoms with van der Waals surface area (Å²) in [6, 6.07) is 3.61. The predicted molar refractivity (Wildman–Crippen MR) is 78.7 cm³/mol. The number of nitrogens with zero attached hydrogens (tertiary/aromatic N) is 1. The number of phenols is 1. The van der Waals surface area contributed by atoms with Gasteiger partial charge in [-0.2, -0.15) is 0 Å². The number of rotatable bonds is 3. The van der Waals surface area contributed by atoms with E-state index in [4.69, 9.17) is 0 Å². The first-order valence-corrected chi connectivity index (χ1v) is 7.63. The monoisotopic (exact) mass is 306 g/mol. The summed E-state index contributed by atoms with van der Waals surface area (Å²) in [4.78, 5) is 26.1. The van der Waals surface area contributed by atoms with E-state index in [-0.39, 0.29) is 35.1 Å². The molecular formula is C16H19FN2O3. The number of amides is 2. The van der Waals surface area contributed by atoms with Gasteiger partial charge in [0, 0.05) is 25.1 Å². The minimum Gasteiger partial charge on any atom is -0.508 e. The van der Waals surface area contributed by atoms with Gasteiger partial charge in [0.2, 0.25) is 11.8 Å². The lowest BCUT2D eigenvalue weighted by Gasteiger charge is -2.32. The third kappa shape index (κ3) is 3.21. The minimum atomic E-state index is -0.671. The third-order valence-electron chi connectivity index (χ3n) is 4.24. The summed E-state index contributed by atoms with van der Waals surface area (Å²) >= 11 is 0. The van der Waals surface area contributed by atoms with Crippen LogP contribution in [0.2, 0.25) is 0 Å². The molecule has 3 rings (SSSR count). The van der Waals surface area contributed by atoms with Gasteiger partial charge in [0.05, 0.1) is 11.6 Å². The highest BCUT2D eigenvalue weighted by Gasteiger charge is 2.36. The van der Waals surface area contributed by atoms with Crippen molar-refractivity contribution in [2.45, 2.75) is 25.7 Å². The maximum atomic E-state index is 13.7. The Morgan fingerprint density at radius 3 is 2.68 bits per heavy atom. The lowest BCUT2D eigenvalue weighted by molar-refractivity contribution is -0.135. The zero-order chi connectivity index (χ0) is 15.7. The number of aromatic hydroxyl groups is 1. The van der Waals surface area contributed by atoms with Crippen molar-refractivity contribution >= 4 is 17.5 Å². The van der Waals surface area contributed by atoms with Gasteiger partial charge in [0.25, 0.3) is 0 Å². The summed E-state index contributed by atoms with van der Waals surface area (Å²) in [5.41, 5.74) is 0.0495. The molecule has 1 atom stereocenters. The van der Waals surface area contributed by atoms with Gasteiger partial charge in [0.15, 0.2) is 0 Å². The molecule has 22 heavy (non-hydrogen) atoms. The molecular weight excluding hydrogens is 287 g/mol. The van der Waals surface area contributed by atoms with E-state index in [0.717, 1.165) is 25.3 Å². The topological polar surface area (TPSA) is 69.6 Å². The molecule has 0 aromatic heterocycles. The van der Waals surface area contributed by atoms with Crippen LogP contribution in [0.3, 0.4) is 0 Å². The molecule has 1 aliphatic heterocycles. The molecule has 0 radical (unpaired) electrons. The summed E-state index contributed by atoms with van der Waals surface area (Å²) in [6.45, 7) is 1.10. The molecule has 1 aromatic carbocycles. The normalized spacial score (nSPS) is 21.5. The van der Waals surface area contributed by atoms with Gasteiger partial charge in [-0.05, 0) is 37.8 Å². The van der Waals surface area contributed by atoms with E-state index >= 15 is 0 Å². The van der Waals surface area contributed by atoms with Crippen molar-refractivity contribution in [3.8, 4) is 5.75 Å². The van der Waals surface area contributed by atoms with Gasteiger partial charge in [0.1, 0.15) is 11.6 Å². The molecule has 5 nitrogen and oxygen atoms in total. The number of benzene rings is 1. The van der Waals surface area contributed by atoms with Crippen molar-refractivity contribution in [1.29, 1.82) is 0 Å². The molecule has 1 saturated carbocycles. The molecule has 2 aliphatic rings. The van der Waals surface area contributed by atoms with Crippen LogP contribution in [-0.2, 0) is 9.59 Å². The highest BCUT2D eigenvalue weighted by molar-refractivity contribution is 5.93. The smallest absolute Gasteiger partial charge is 0.229 e. The molecule has 118 valence electrons. The Labute approximate surface area is 128 Å². The van der Waals surface area contributed by atoms with Crippen LogP contribution < -0.4 is 5.32 Å². The van der Waals surface area contributed by atoms with Crippen LogP contribution in [0.4, 0.5) is 10.1 Å². The number of hydrogen-bond donors (Lipinski definition) is 2. The average molecular weight is 306 g/mol. The number of nitrogens with one attached hydrogen (secondary N) is 1. The maximum absolute atomic E-state index is 13.7. The molecule has 0 spiro atoms. The molecule has 1 heterocycles. The van der Waals surface area contributed by atoms with E-state index in [1.54, 1.807) is 4.90 Å². The van der Waals surface area contributed by atoms with Gasteiger partial charge in [-0.3, -0.25) is 9.59 Å². The van der Waals surface area contributed by atoms with Crippen molar-refractivity contribution < 1.29 is 19.1 Å². The number of halogens is 1. The number of carbonyl (C=O) groups excluding carboxylic acids is 2. The Bertz CT molecular complexity index is 601. The zero-order valence-corrected chi connectivity index (χ0v) is 12.2. The van der Waals surface area contributed by atoms with Crippen LogP contribution in [-0.4, -0.2) is 34.9 Å². The van der Waals surface area contributed by atoms with Crippen LogP contribution in [0.5, 0.6) is 5.75 Å². The van der Waals surface area contributed by atoms with E-state index in [2.05, 4.69) is 5.32 Å². The van der Waals surface area contributed by atoms with E-state index in [1.807, 2.05) is 0 Å². The fraction of sp³-hybridized carbons (Fsp3) is 0.500. The number of likely N-dealkylation sites (tertiary alicyclic amines) is 1. The maximum Gasteiger partial charge on any atom is 0.229 e. The number of carbonyl (C=O) groups is 2. The summed E-state index contributed by atoms with van der Waals surface area (Å²) < 4.78 is 13.7. The van der Waals surface area contributed by atoms with E-state index < -0.39 is 5.82 Å². The van der Waals surface area contributed by atoms with Crippen LogP contribution in [0, 0.1) is 17.7 Å². The molecule has 0 bridgehead atoms. The Balaban J connectivity index is 1.62. The van der Waals surface area contributed by atoms with Gasteiger partial charge in [-0.25, -0.2) is 4.39 Å². The lowest BCUT2D eigenvalue weighted by Crippen LogP contribution is -2.44. The van der Waals surface area contributed by atoms with Gasteiger partial charge >= 0.3 is 0 Å². The first kappa shape index (κ1) is 14.8. The second-order valence-electron chi connectivity index (χ2n) is 6.05. The Morgan fingerprint density at radius 1 is 1.23 bits per heavy atom. The van der Waals surface area contributed by atoms with Gasteiger partial charge in [-0.15, -0.1) is 0 Å². The summed E-state index contributed by atoms with van der Waals surface area (Å²) in [5.74, 6) is -1.16. The average Bonchev–Trinajstić information content (AvgIpc) is 3.34. The highest BCUT2D eigenvalue weighted by Crippen LogP contribution is 2.32. The number of piperidine rings is 1. The predicted octanol–water partition coefficient (Wildman–Crippen LogP) is 2.12. The fourth-order valence-electron chi connectivity index (χ4n) is 2.82. The van der Waals surface area contributed by atoms with Crippen molar-refractivity contribution in [2.24, 2.45) is 11.8 Å². The SMILES string of the molecule is O=C(Nc1ccc(O)cc1F)C1CCCN(C(=O)C2CC2)C1. The Hall–Kier alpha value is -2.11. The fourth-order valence-corrected chi connectivity index (χ4v) is 2.82. The number of hydrogen-bond acceptors (Lipinski definition) is 3. The quantitative estimate of drug-likeness (QED) is 0.840. The summed E-state index contributed by atoms with van der Waals surface area (Å²) in [7, 11) is 0. The van der Waals surface area contributed by atoms with Crippen molar-refractivity contribution in [3.05, 3.63) is 24.0 Å². The molecule has 2 fully saturated rings. The molecule has 2 amide bonds. The first-order valence-electron chi connectivity index (χ1n) is 7.63.